The standard InChI is InChI=1S/C14H11N7O4/c1-19-11-10(12(22)16-14(19)23)20-6-9(17-18-13(20)15-11)7-3-2-4-8(5-7)21(24)25/h2-5H,6H2,1H3,(H,15,18)(H,16,22,23). The van der Waals surface area contributed by atoms with Gasteiger partial charge in [0, 0.05) is 24.7 Å². The number of hydrogen-bond donors (Lipinski definition) is 2. The number of benzene rings is 1. The third-order valence-electron chi connectivity index (χ3n) is 4.00. The lowest BCUT2D eigenvalue weighted by Crippen LogP contribution is -2.30. The molecular weight excluding hydrogens is 330 g/mol. The minimum absolute atomic E-state index is 0.0540. The van der Waals surface area contributed by atoms with Crippen molar-refractivity contribution in [2.24, 2.45) is 12.1 Å². The Balaban J connectivity index is 1.84. The average molecular weight is 341 g/mol. The number of fused-ring (bicyclic) bond motifs is 3. The molecule has 0 saturated heterocycles. The normalized spacial score (nSPS) is 13.2. The van der Waals surface area contributed by atoms with E-state index in [0.717, 1.165) is 0 Å². The van der Waals surface area contributed by atoms with Crippen molar-refractivity contribution in [3.05, 3.63) is 60.8 Å². The van der Waals surface area contributed by atoms with Gasteiger partial charge >= 0.3 is 5.69 Å². The number of nitro groups is 1. The van der Waals surface area contributed by atoms with Crippen molar-refractivity contribution in [3.63, 3.8) is 0 Å². The molecule has 2 aromatic heterocycles. The molecule has 0 spiro atoms. The molecule has 0 radical (unpaired) electrons. The van der Waals surface area contributed by atoms with Gasteiger partial charge in [-0.25, -0.2) is 10.2 Å². The summed E-state index contributed by atoms with van der Waals surface area (Å²) in [5, 5.41) is 15.1. The van der Waals surface area contributed by atoms with Gasteiger partial charge in [0.15, 0.2) is 11.2 Å². The third-order valence-corrected chi connectivity index (χ3v) is 4.00. The molecule has 1 aliphatic heterocycles. The van der Waals surface area contributed by atoms with Crippen LogP contribution in [0.25, 0.3) is 11.2 Å². The van der Waals surface area contributed by atoms with Gasteiger partial charge in [-0.2, -0.15) is 10.1 Å². The maximum atomic E-state index is 12.2. The van der Waals surface area contributed by atoms with Crippen LogP contribution in [0, 0.1) is 10.1 Å². The van der Waals surface area contributed by atoms with Gasteiger partial charge in [-0.1, -0.05) is 12.1 Å². The first-order valence-electron chi connectivity index (χ1n) is 7.22. The first kappa shape index (κ1) is 14.8. The number of non-ortho nitro benzene ring substituents is 1. The van der Waals surface area contributed by atoms with Gasteiger partial charge in [0.2, 0.25) is 5.95 Å². The van der Waals surface area contributed by atoms with E-state index in [4.69, 9.17) is 0 Å². The van der Waals surface area contributed by atoms with E-state index in [2.05, 4.69) is 20.5 Å². The number of hydrazone groups is 1. The van der Waals surface area contributed by atoms with Crippen molar-refractivity contribution in [2.75, 3.05) is 5.43 Å². The molecule has 25 heavy (non-hydrogen) atoms. The van der Waals surface area contributed by atoms with Crippen LogP contribution in [-0.4, -0.2) is 29.7 Å². The SMILES string of the molecule is Cn1c(=O)[nH]c(=O)c2c1nc1n2CC(c2cccc([N+](=O)[O-])c2)=NN1. The Kier molecular flexibility index (Phi) is 3.03. The van der Waals surface area contributed by atoms with Crippen LogP contribution in [0.15, 0.2) is 39.0 Å². The lowest BCUT2D eigenvalue weighted by atomic mass is 10.1. The van der Waals surface area contributed by atoms with Crippen LogP contribution in [-0.2, 0) is 13.6 Å². The summed E-state index contributed by atoms with van der Waals surface area (Å²) in [6, 6.07) is 6.05. The summed E-state index contributed by atoms with van der Waals surface area (Å²) in [6.45, 7) is 0.182. The van der Waals surface area contributed by atoms with Gasteiger partial charge in [0.05, 0.1) is 17.2 Å². The van der Waals surface area contributed by atoms with E-state index in [9.17, 15) is 19.7 Å². The van der Waals surface area contributed by atoms with Crippen LogP contribution in [0.4, 0.5) is 11.6 Å². The van der Waals surface area contributed by atoms with Crippen molar-refractivity contribution in [1.82, 2.24) is 19.1 Å². The average Bonchev–Trinajstić information content (AvgIpc) is 2.99. The predicted octanol–water partition coefficient (Wildman–Crippen LogP) is 0.161. The van der Waals surface area contributed by atoms with Crippen molar-refractivity contribution in [3.8, 4) is 0 Å². The zero-order chi connectivity index (χ0) is 17.7. The van der Waals surface area contributed by atoms with Crippen molar-refractivity contribution < 1.29 is 4.92 Å². The van der Waals surface area contributed by atoms with Crippen molar-refractivity contribution in [2.45, 2.75) is 6.54 Å². The van der Waals surface area contributed by atoms with E-state index in [0.29, 0.717) is 17.2 Å². The Morgan fingerprint density at radius 1 is 1.32 bits per heavy atom. The van der Waals surface area contributed by atoms with E-state index < -0.39 is 16.2 Å². The number of nitrogens with zero attached hydrogens (tertiary/aromatic N) is 5. The van der Waals surface area contributed by atoms with E-state index >= 15 is 0 Å². The molecule has 126 valence electrons. The van der Waals surface area contributed by atoms with Crippen molar-refractivity contribution >= 4 is 28.5 Å². The highest BCUT2D eigenvalue weighted by molar-refractivity contribution is 6.02. The molecule has 0 unspecified atom stereocenters. The van der Waals surface area contributed by atoms with E-state index in [1.807, 2.05) is 0 Å². The van der Waals surface area contributed by atoms with Crippen LogP contribution in [0.2, 0.25) is 0 Å². The first-order chi connectivity index (χ1) is 12.0. The molecule has 11 heteroatoms. The summed E-state index contributed by atoms with van der Waals surface area (Å²) in [5.41, 5.74) is 3.06. The van der Waals surface area contributed by atoms with Crippen LogP contribution in [0.5, 0.6) is 0 Å². The number of anilines is 1. The van der Waals surface area contributed by atoms with E-state index in [1.165, 1.54) is 23.7 Å². The van der Waals surface area contributed by atoms with Gasteiger partial charge in [0.25, 0.3) is 11.2 Å². The summed E-state index contributed by atoms with van der Waals surface area (Å²) in [4.78, 5) is 40.8. The van der Waals surface area contributed by atoms with Crippen LogP contribution in [0.3, 0.4) is 0 Å². The number of aryl methyl sites for hydroxylation is 1. The second-order valence-electron chi connectivity index (χ2n) is 5.49. The number of hydrogen-bond acceptors (Lipinski definition) is 7. The van der Waals surface area contributed by atoms with Crippen LogP contribution in [0.1, 0.15) is 5.56 Å². The quantitative estimate of drug-likeness (QED) is 0.502. The van der Waals surface area contributed by atoms with Gasteiger partial charge in [-0.3, -0.25) is 29.0 Å². The zero-order valence-corrected chi connectivity index (χ0v) is 12.9. The maximum absolute atomic E-state index is 12.2. The number of rotatable bonds is 2. The molecule has 2 N–H and O–H groups in total. The van der Waals surface area contributed by atoms with Crippen LogP contribution < -0.4 is 16.7 Å². The Hall–Kier alpha value is -3.76. The fourth-order valence-electron chi connectivity index (χ4n) is 2.73. The minimum atomic E-state index is -0.562. The van der Waals surface area contributed by atoms with E-state index in [1.54, 1.807) is 16.7 Å². The van der Waals surface area contributed by atoms with Crippen molar-refractivity contribution in [1.29, 1.82) is 0 Å². The summed E-state index contributed by atoms with van der Waals surface area (Å²) in [6.07, 6.45) is 0. The Morgan fingerprint density at radius 2 is 2.12 bits per heavy atom. The molecule has 3 heterocycles. The number of aromatic amines is 1. The molecule has 0 bridgehead atoms. The summed E-state index contributed by atoms with van der Waals surface area (Å²) >= 11 is 0. The Labute approximate surface area is 138 Å². The molecule has 0 aliphatic carbocycles. The minimum Gasteiger partial charge on any atom is -0.297 e. The molecule has 0 amide bonds. The van der Waals surface area contributed by atoms with Gasteiger partial charge in [-0.05, 0) is 0 Å². The number of nitro benzene ring substituents is 1. The second kappa shape index (κ2) is 5.12. The highest BCUT2D eigenvalue weighted by atomic mass is 16.6. The number of imidazole rings is 1. The monoisotopic (exact) mass is 341 g/mol. The first-order valence-corrected chi connectivity index (χ1v) is 7.22. The van der Waals surface area contributed by atoms with E-state index in [-0.39, 0.29) is 23.4 Å². The lowest BCUT2D eigenvalue weighted by molar-refractivity contribution is -0.384. The molecule has 3 aromatic rings. The molecule has 0 atom stereocenters. The predicted molar refractivity (Wildman–Crippen MR) is 88.9 cm³/mol. The topological polar surface area (TPSA) is 140 Å². The summed E-state index contributed by atoms with van der Waals surface area (Å²) in [5.74, 6) is 0.316. The van der Waals surface area contributed by atoms with Gasteiger partial charge in [-0.15, -0.1) is 0 Å². The highest BCUT2D eigenvalue weighted by Crippen LogP contribution is 2.22. The summed E-state index contributed by atoms with van der Waals surface area (Å²) in [7, 11) is 1.50. The molecule has 1 aromatic carbocycles. The summed E-state index contributed by atoms with van der Waals surface area (Å²) < 4.78 is 2.81. The largest absolute Gasteiger partial charge is 0.329 e. The smallest absolute Gasteiger partial charge is 0.297 e. The Morgan fingerprint density at radius 3 is 2.88 bits per heavy atom. The number of aromatic nitrogens is 4. The van der Waals surface area contributed by atoms with Gasteiger partial charge in [0.1, 0.15) is 0 Å². The fourth-order valence-corrected chi connectivity index (χ4v) is 2.73. The number of nitrogens with one attached hydrogen (secondary N) is 2. The van der Waals surface area contributed by atoms with Crippen LogP contribution >= 0.6 is 0 Å². The second-order valence-corrected chi connectivity index (χ2v) is 5.49. The molecule has 0 saturated carbocycles. The van der Waals surface area contributed by atoms with Gasteiger partial charge < -0.3 is 0 Å². The molecule has 11 nitrogen and oxygen atoms in total. The zero-order valence-electron chi connectivity index (χ0n) is 12.9. The molecular formula is C14H11N7O4. The molecule has 0 fully saturated rings. The highest BCUT2D eigenvalue weighted by Gasteiger charge is 2.22. The molecule has 1 aliphatic rings. The lowest BCUT2D eigenvalue weighted by Gasteiger charge is -2.16. The third kappa shape index (κ3) is 2.21. The number of H-pyrrole nitrogens is 1. The Bertz CT molecular complexity index is 1180. The fraction of sp³-hybridized carbons (Fsp3) is 0.143. The maximum Gasteiger partial charge on any atom is 0.329 e. The molecule has 4 rings (SSSR count).